The minimum atomic E-state index is -0.682. The highest BCUT2D eigenvalue weighted by molar-refractivity contribution is 6.12. The van der Waals surface area contributed by atoms with Gasteiger partial charge in [0, 0.05) is 12.1 Å². The third-order valence-electron chi connectivity index (χ3n) is 4.30. The second-order valence-electron chi connectivity index (χ2n) is 5.59. The first-order valence-electron chi connectivity index (χ1n) is 7.58. The largest absolute Gasteiger partial charge is 0.467 e. The standard InChI is InChI=1S/C18H15NO5/c1-22-18(21)14-9-11-5-2-3-7-13(11)19(14)17(20)12-6-4-8-15-16(12)24-10-23-15/h2-8,14H,9-10H2,1H3. The molecule has 24 heavy (non-hydrogen) atoms. The van der Waals surface area contributed by atoms with E-state index in [1.165, 1.54) is 12.0 Å². The normalized spacial score (nSPS) is 17.5. The maximum Gasteiger partial charge on any atom is 0.329 e. The van der Waals surface area contributed by atoms with E-state index in [9.17, 15) is 9.59 Å². The van der Waals surface area contributed by atoms with Crippen molar-refractivity contribution in [3.05, 3.63) is 53.6 Å². The van der Waals surface area contributed by atoms with E-state index >= 15 is 0 Å². The van der Waals surface area contributed by atoms with Gasteiger partial charge in [-0.05, 0) is 23.8 Å². The average Bonchev–Trinajstić information content (AvgIpc) is 3.24. The first-order valence-corrected chi connectivity index (χ1v) is 7.58. The maximum atomic E-state index is 13.2. The number of ether oxygens (including phenoxy) is 3. The van der Waals surface area contributed by atoms with Gasteiger partial charge >= 0.3 is 5.97 Å². The van der Waals surface area contributed by atoms with Crippen LogP contribution in [0.3, 0.4) is 0 Å². The van der Waals surface area contributed by atoms with Gasteiger partial charge in [0.15, 0.2) is 11.5 Å². The SMILES string of the molecule is COC(=O)C1Cc2ccccc2N1C(=O)c1cccc2c1OCO2. The van der Waals surface area contributed by atoms with Crippen LogP contribution in [0.5, 0.6) is 11.5 Å². The highest BCUT2D eigenvalue weighted by atomic mass is 16.7. The zero-order chi connectivity index (χ0) is 16.7. The molecule has 2 aliphatic rings. The molecule has 0 aromatic heterocycles. The Morgan fingerprint density at radius 2 is 1.96 bits per heavy atom. The van der Waals surface area contributed by atoms with Crippen molar-refractivity contribution < 1.29 is 23.8 Å². The predicted molar refractivity (Wildman–Crippen MR) is 85.3 cm³/mol. The first kappa shape index (κ1) is 14.6. The number of esters is 1. The number of anilines is 1. The summed E-state index contributed by atoms with van der Waals surface area (Å²) in [6, 6.07) is 11.9. The van der Waals surface area contributed by atoms with Crippen LogP contribution < -0.4 is 14.4 Å². The summed E-state index contributed by atoms with van der Waals surface area (Å²) >= 11 is 0. The maximum absolute atomic E-state index is 13.2. The van der Waals surface area contributed by atoms with Crippen LogP contribution in [0.2, 0.25) is 0 Å². The summed E-state index contributed by atoms with van der Waals surface area (Å²) in [7, 11) is 1.32. The lowest BCUT2D eigenvalue weighted by Crippen LogP contribution is -2.43. The monoisotopic (exact) mass is 325 g/mol. The van der Waals surface area contributed by atoms with E-state index in [0.717, 1.165) is 11.3 Å². The summed E-state index contributed by atoms with van der Waals surface area (Å²) in [5, 5.41) is 0. The van der Waals surface area contributed by atoms with Gasteiger partial charge < -0.3 is 14.2 Å². The minimum absolute atomic E-state index is 0.0800. The van der Waals surface area contributed by atoms with E-state index in [0.29, 0.717) is 23.5 Å². The summed E-state index contributed by atoms with van der Waals surface area (Å²) in [6.45, 7) is 0.0800. The molecule has 0 spiro atoms. The summed E-state index contributed by atoms with van der Waals surface area (Å²) in [4.78, 5) is 26.9. The van der Waals surface area contributed by atoms with Gasteiger partial charge in [0.1, 0.15) is 6.04 Å². The van der Waals surface area contributed by atoms with Crippen molar-refractivity contribution in [3.8, 4) is 11.5 Å². The number of para-hydroxylation sites is 2. The Bertz CT molecular complexity index is 832. The first-order chi connectivity index (χ1) is 11.7. The van der Waals surface area contributed by atoms with Gasteiger partial charge in [-0.2, -0.15) is 0 Å². The van der Waals surface area contributed by atoms with E-state index in [1.807, 2.05) is 24.3 Å². The lowest BCUT2D eigenvalue weighted by molar-refractivity contribution is -0.141. The molecule has 2 aliphatic heterocycles. The van der Waals surface area contributed by atoms with Crippen LogP contribution in [0.15, 0.2) is 42.5 Å². The predicted octanol–water partition coefficient (Wildman–Crippen LogP) is 2.16. The Hall–Kier alpha value is -3.02. The molecular weight excluding hydrogens is 310 g/mol. The number of hydrogen-bond donors (Lipinski definition) is 0. The van der Waals surface area contributed by atoms with Crippen molar-refractivity contribution in [2.75, 3.05) is 18.8 Å². The fourth-order valence-electron chi connectivity index (χ4n) is 3.19. The van der Waals surface area contributed by atoms with Crippen molar-refractivity contribution in [2.24, 2.45) is 0 Å². The Kier molecular flexibility index (Phi) is 3.37. The van der Waals surface area contributed by atoms with E-state index in [1.54, 1.807) is 18.2 Å². The molecule has 0 saturated heterocycles. The number of hydrogen-bond acceptors (Lipinski definition) is 5. The zero-order valence-corrected chi connectivity index (χ0v) is 13.0. The van der Waals surface area contributed by atoms with E-state index < -0.39 is 12.0 Å². The lowest BCUT2D eigenvalue weighted by Gasteiger charge is -2.24. The van der Waals surface area contributed by atoms with Crippen LogP contribution >= 0.6 is 0 Å². The second-order valence-corrected chi connectivity index (χ2v) is 5.59. The Morgan fingerprint density at radius 3 is 2.79 bits per heavy atom. The molecule has 1 unspecified atom stereocenters. The number of carbonyl (C=O) groups is 2. The molecule has 1 atom stereocenters. The molecule has 0 N–H and O–H groups in total. The summed E-state index contributed by atoms with van der Waals surface area (Å²) in [5.41, 5.74) is 2.02. The molecule has 4 rings (SSSR count). The quantitative estimate of drug-likeness (QED) is 0.792. The molecule has 122 valence electrons. The van der Waals surface area contributed by atoms with Crippen molar-refractivity contribution >= 4 is 17.6 Å². The van der Waals surface area contributed by atoms with Gasteiger partial charge in [-0.3, -0.25) is 9.69 Å². The number of fused-ring (bicyclic) bond motifs is 2. The molecule has 2 aromatic rings. The zero-order valence-electron chi connectivity index (χ0n) is 13.0. The number of carbonyl (C=O) groups excluding carboxylic acids is 2. The second kappa shape index (κ2) is 5.56. The van der Waals surface area contributed by atoms with Crippen LogP contribution in [0.1, 0.15) is 15.9 Å². The molecule has 2 heterocycles. The van der Waals surface area contributed by atoms with Gasteiger partial charge in [0.05, 0.1) is 12.7 Å². The molecule has 2 aromatic carbocycles. The van der Waals surface area contributed by atoms with Gasteiger partial charge in [-0.25, -0.2) is 4.79 Å². The Morgan fingerprint density at radius 1 is 1.12 bits per heavy atom. The Balaban J connectivity index is 1.79. The van der Waals surface area contributed by atoms with Crippen molar-refractivity contribution in [1.29, 1.82) is 0 Å². The number of amides is 1. The van der Waals surface area contributed by atoms with Crippen LogP contribution in [-0.2, 0) is 16.0 Å². The summed E-state index contributed by atoms with van der Waals surface area (Å²) in [5.74, 6) is 0.195. The molecule has 0 fully saturated rings. The van der Waals surface area contributed by atoms with Gasteiger partial charge in [-0.15, -0.1) is 0 Å². The summed E-state index contributed by atoms with van der Waals surface area (Å²) in [6.07, 6.45) is 0.432. The van der Waals surface area contributed by atoms with Gasteiger partial charge in [0.25, 0.3) is 5.91 Å². The average molecular weight is 325 g/mol. The van der Waals surface area contributed by atoms with Gasteiger partial charge in [-0.1, -0.05) is 24.3 Å². The fourth-order valence-corrected chi connectivity index (χ4v) is 3.19. The number of methoxy groups -OCH3 is 1. The van der Waals surface area contributed by atoms with Crippen molar-refractivity contribution in [1.82, 2.24) is 0 Å². The summed E-state index contributed by atoms with van der Waals surface area (Å²) < 4.78 is 15.7. The highest BCUT2D eigenvalue weighted by Crippen LogP contribution is 2.39. The van der Waals surface area contributed by atoms with E-state index in [4.69, 9.17) is 14.2 Å². The molecular formula is C18H15NO5. The number of rotatable bonds is 2. The molecule has 6 heteroatoms. The molecule has 0 radical (unpaired) electrons. The number of benzene rings is 2. The van der Waals surface area contributed by atoms with Crippen molar-refractivity contribution in [2.45, 2.75) is 12.5 Å². The fraction of sp³-hybridized carbons (Fsp3) is 0.222. The smallest absolute Gasteiger partial charge is 0.329 e. The van der Waals surface area contributed by atoms with Crippen LogP contribution in [0.4, 0.5) is 5.69 Å². The van der Waals surface area contributed by atoms with Crippen LogP contribution in [0.25, 0.3) is 0 Å². The molecule has 0 bridgehead atoms. The van der Waals surface area contributed by atoms with Crippen molar-refractivity contribution in [3.63, 3.8) is 0 Å². The van der Waals surface area contributed by atoms with Gasteiger partial charge in [0.2, 0.25) is 6.79 Å². The molecule has 1 amide bonds. The van der Waals surface area contributed by atoms with Crippen LogP contribution in [0, 0.1) is 0 Å². The Labute approximate surface area is 138 Å². The third-order valence-corrected chi connectivity index (χ3v) is 4.30. The number of nitrogens with zero attached hydrogens (tertiary/aromatic N) is 1. The minimum Gasteiger partial charge on any atom is -0.467 e. The highest BCUT2D eigenvalue weighted by Gasteiger charge is 2.40. The van der Waals surface area contributed by atoms with E-state index in [2.05, 4.69) is 0 Å². The molecule has 0 aliphatic carbocycles. The molecule has 6 nitrogen and oxygen atoms in total. The van der Waals surface area contributed by atoms with E-state index in [-0.39, 0.29) is 12.7 Å². The molecule has 0 saturated carbocycles. The van der Waals surface area contributed by atoms with Crippen LogP contribution in [-0.4, -0.2) is 31.8 Å². The third kappa shape index (κ3) is 2.11. The lowest BCUT2D eigenvalue weighted by atomic mass is 10.1. The topological polar surface area (TPSA) is 65.1 Å².